The lowest BCUT2D eigenvalue weighted by atomic mass is 10.3. The minimum Gasteiger partial charge on any atom is -0.357 e. The Bertz CT molecular complexity index is 193. The molecular weight excluding hydrogens is 168 g/mol. The molecule has 2 fully saturated rings. The average Bonchev–Trinajstić information content (AvgIpc) is 2.55. The van der Waals surface area contributed by atoms with E-state index in [1.165, 1.54) is 25.7 Å². The van der Waals surface area contributed by atoms with Crippen LogP contribution in [0.1, 0.15) is 32.6 Å². The molecule has 0 aromatic rings. The summed E-state index contributed by atoms with van der Waals surface area (Å²) in [6, 6.07) is 0. The predicted octanol–water partition coefficient (Wildman–Crippen LogP) is 1.51. The van der Waals surface area contributed by atoms with Crippen molar-refractivity contribution in [2.75, 3.05) is 13.1 Å². The van der Waals surface area contributed by atoms with Gasteiger partial charge in [0, 0.05) is 18.6 Å². The molecule has 2 nitrogen and oxygen atoms in total. The molecule has 0 amide bonds. The van der Waals surface area contributed by atoms with Crippen LogP contribution in [0.25, 0.3) is 0 Å². The highest BCUT2D eigenvalue weighted by Crippen LogP contribution is 2.34. The quantitative estimate of drug-likeness (QED) is 0.622. The molecule has 2 aliphatic rings. The zero-order valence-electron chi connectivity index (χ0n) is 7.60. The molecule has 68 valence electrons. The van der Waals surface area contributed by atoms with Crippen LogP contribution in [0.2, 0.25) is 0 Å². The molecule has 0 aromatic heterocycles. The second kappa shape index (κ2) is 2.87. The van der Waals surface area contributed by atoms with Crippen molar-refractivity contribution in [1.82, 2.24) is 10.2 Å². The highest BCUT2D eigenvalue weighted by molar-refractivity contribution is 7.80. The fourth-order valence-electron chi connectivity index (χ4n) is 1.57. The maximum atomic E-state index is 5.32. The maximum absolute atomic E-state index is 5.32. The van der Waals surface area contributed by atoms with Crippen molar-refractivity contribution < 1.29 is 0 Å². The standard InChI is InChI=1S/C9H16N2S/c1-9(4-5-9)10-8(12)11-6-2-3-7-11/h2-7H2,1H3,(H,10,12). The maximum Gasteiger partial charge on any atom is 0.169 e. The summed E-state index contributed by atoms with van der Waals surface area (Å²) in [6.45, 7) is 4.55. The Morgan fingerprint density at radius 3 is 2.42 bits per heavy atom. The summed E-state index contributed by atoms with van der Waals surface area (Å²) in [5, 5.41) is 4.41. The number of nitrogens with one attached hydrogen (secondary N) is 1. The van der Waals surface area contributed by atoms with Crippen LogP contribution in [0, 0.1) is 0 Å². The molecule has 1 aliphatic heterocycles. The van der Waals surface area contributed by atoms with Gasteiger partial charge in [0.15, 0.2) is 5.11 Å². The zero-order chi connectivity index (χ0) is 8.60. The molecule has 0 spiro atoms. The number of likely N-dealkylation sites (tertiary alicyclic amines) is 1. The van der Waals surface area contributed by atoms with E-state index >= 15 is 0 Å². The summed E-state index contributed by atoms with van der Waals surface area (Å²) in [5.41, 5.74) is 0.347. The minimum atomic E-state index is 0.347. The molecule has 3 heteroatoms. The summed E-state index contributed by atoms with van der Waals surface area (Å²) >= 11 is 5.32. The number of hydrogen-bond acceptors (Lipinski definition) is 1. The van der Waals surface area contributed by atoms with E-state index in [0.717, 1.165) is 18.2 Å². The summed E-state index contributed by atoms with van der Waals surface area (Å²) < 4.78 is 0. The van der Waals surface area contributed by atoms with Gasteiger partial charge >= 0.3 is 0 Å². The Labute approximate surface area is 79.3 Å². The van der Waals surface area contributed by atoms with Crippen LogP contribution in [0.5, 0.6) is 0 Å². The zero-order valence-corrected chi connectivity index (χ0v) is 8.41. The van der Waals surface area contributed by atoms with E-state index in [1.54, 1.807) is 0 Å². The van der Waals surface area contributed by atoms with Crippen LogP contribution >= 0.6 is 12.2 Å². The third-order valence-corrected chi connectivity index (χ3v) is 3.16. The Balaban J connectivity index is 1.83. The molecule has 1 saturated heterocycles. The van der Waals surface area contributed by atoms with Crippen molar-refractivity contribution >= 4 is 17.3 Å². The summed E-state index contributed by atoms with van der Waals surface area (Å²) in [4.78, 5) is 2.29. The van der Waals surface area contributed by atoms with E-state index in [-0.39, 0.29) is 0 Å². The Morgan fingerprint density at radius 1 is 1.33 bits per heavy atom. The number of rotatable bonds is 1. The molecule has 0 aromatic carbocycles. The van der Waals surface area contributed by atoms with Crippen molar-refractivity contribution in [2.45, 2.75) is 38.1 Å². The second-order valence-electron chi connectivity index (χ2n) is 4.18. The van der Waals surface area contributed by atoms with Crippen LogP contribution in [-0.2, 0) is 0 Å². The van der Waals surface area contributed by atoms with Gasteiger partial charge in [0.05, 0.1) is 0 Å². The summed E-state index contributed by atoms with van der Waals surface area (Å²) in [6.07, 6.45) is 5.17. The third-order valence-electron chi connectivity index (χ3n) is 2.80. The van der Waals surface area contributed by atoms with Crippen molar-refractivity contribution in [3.05, 3.63) is 0 Å². The van der Waals surface area contributed by atoms with Gasteiger partial charge in [0.1, 0.15) is 0 Å². The summed E-state index contributed by atoms with van der Waals surface area (Å²) in [5.74, 6) is 0. The first-order valence-electron chi connectivity index (χ1n) is 4.77. The van der Waals surface area contributed by atoms with E-state index in [1.807, 2.05) is 0 Å². The molecule has 1 aliphatic carbocycles. The number of thiocarbonyl (C=S) groups is 1. The molecular formula is C9H16N2S. The largest absolute Gasteiger partial charge is 0.357 e. The first-order chi connectivity index (χ1) is 5.70. The van der Waals surface area contributed by atoms with Gasteiger partial charge in [-0.25, -0.2) is 0 Å². The summed E-state index contributed by atoms with van der Waals surface area (Å²) in [7, 11) is 0. The molecule has 12 heavy (non-hydrogen) atoms. The Kier molecular flexibility index (Phi) is 1.99. The van der Waals surface area contributed by atoms with Crippen LogP contribution in [-0.4, -0.2) is 28.6 Å². The van der Waals surface area contributed by atoms with Crippen molar-refractivity contribution in [3.8, 4) is 0 Å². The van der Waals surface area contributed by atoms with Gasteiger partial charge in [0.2, 0.25) is 0 Å². The van der Waals surface area contributed by atoms with Crippen LogP contribution < -0.4 is 5.32 Å². The third kappa shape index (κ3) is 1.71. The van der Waals surface area contributed by atoms with E-state index in [4.69, 9.17) is 12.2 Å². The fourth-order valence-corrected chi connectivity index (χ4v) is 2.00. The van der Waals surface area contributed by atoms with Gasteiger partial charge in [-0.05, 0) is 44.8 Å². The van der Waals surface area contributed by atoms with E-state index in [0.29, 0.717) is 5.54 Å². The van der Waals surface area contributed by atoms with Crippen molar-refractivity contribution in [1.29, 1.82) is 0 Å². The van der Waals surface area contributed by atoms with Gasteiger partial charge < -0.3 is 10.2 Å². The van der Waals surface area contributed by atoms with Crippen LogP contribution in [0.3, 0.4) is 0 Å². The van der Waals surface area contributed by atoms with Crippen molar-refractivity contribution in [3.63, 3.8) is 0 Å². The molecule has 1 N–H and O–H groups in total. The van der Waals surface area contributed by atoms with Crippen LogP contribution in [0.15, 0.2) is 0 Å². The van der Waals surface area contributed by atoms with Gasteiger partial charge in [0.25, 0.3) is 0 Å². The average molecular weight is 184 g/mol. The monoisotopic (exact) mass is 184 g/mol. The smallest absolute Gasteiger partial charge is 0.169 e. The molecule has 0 unspecified atom stereocenters. The first kappa shape index (κ1) is 8.30. The number of nitrogens with zero attached hydrogens (tertiary/aromatic N) is 1. The molecule has 0 bridgehead atoms. The topological polar surface area (TPSA) is 15.3 Å². The molecule has 2 rings (SSSR count). The van der Waals surface area contributed by atoms with Gasteiger partial charge in [-0.3, -0.25) is 0 Å². The van der Waals surface area contributed by atoms with Crippen molar-refractivity contribution in [2.24, 2.45) is 0 Å². The second-order valence-corrected chi connectivity index (χ2v) is 4.57. The van der Waals surface area contributed by atoms with E-state index in [9.17, 15) is 0 Å². The van der Waals surface area contributed by atoms with Gasteiger partial charge in [-0.1, -0.05) is 0 Å². The SMILES string of the molecule is CC1(NC(=S)N2CCCC2)CC1. The normalized spacial score (nSPS) is 25.6. The Hall–Kier alpha value is -0.310. The predicted molar refractivity (Wildman–Crippen MR) is 54.2 cm³/mol. The minimum absolute atomic E-state index is 0.347. The number of hydrogen-bond donors (Lipinski definition) is 1. The lowest BCUT2D eigenvalue weighted by Gasteiger charge is -2.23. The highest BCUT2D eigenvalue weighted by atomic mass is 32.1. The van der Waals surface area contributed by atoms with Crippen LogP contribution in [0.4, 0.5) is 0 Å². The molecule has 0 radical (unpaired) electrons. The molecule has 1 saturated carbocycles. The van der Waals surface area contributed by atoms with E-state index < -0.39 is 0 Å². The highest BCUT2D eigenvalue weighted by Gasteiger charge is 2.38. The van der Waals surface area contributed by atoms with Gasteiger partial charge in [-0.2, -0.15) is 0 Å². The van der Waals surface area contributed by atoms with E-state index in [2.05, 4.69) is 17.1 Å². The Morgan fingerprint density at radius 2 is 1.92 bits per heavy atom. The lowest BCUT2D eigenvalue weighted by Crippen LogP contribution is -2.43. The molecule has 0 atom stereocenters. The first-order valence-corrected chi connectivity index (χ1v) is 5.18. The van der Waals surface area contributed by atoms with Gasteiger partial charge in [-0.15, -0.1) is 0 Å². The fraction of sp³-hybridized carbons (Fsp3) is 0.889. The molecule has 1 heterocycles. The lowest BCUT2D eigenvalue weighted by molar-refractivity contribution is 0.488.